The van der Waals surface area contributed by atoms with Crippen molar-refractivity contribution < 1.29 is 9.59 Å². The molecule has 0 bridgehead atoms. The van der Waals surface area contributed by atoms with Crippen LogP contribution in [0, 0.1) is 0 Å². The van der Waals surface area contributed by atoms with Crippen LogP contribution in [0.3, 0.4) is 0 Å². The molecule has 0 saturated carbocycles. The molecule has 2 unspecified atom stereocenters. The summed E-state index contributed by atoms with van der Waals surface area (Å²) in [6, 6.07) is 8.89. The van der Waals surface area contributed by atoms with Gasteiger partial charge in [0.1, 0.15) is 6.04 Å². The number of rotatable bonds is 4. The molecule has 6 heteroatoms. The first-order valence-electron chi connectivity index (χ1n) is 6.72. The van der Waals surface area contributed by atoms with Crippen LogP contribution < -0.4 is 21.3 Å². The van der Waals surface area contributed by atoms with E-state index in [1.54, 1.807) is 6.92 Å². The van der Waals surface area contributed by atoms with E-state index in [9.17, 15) is 9.59 Å². The van der Waals surface area contributed by atoms with E-state index in [2.05, 4.69) is 27.7 Å². The van der Waals surface area contributed by atoms with Crippen LogP contribution in [-0.2, 0) is 4.79 Å². The van der Waals surface area contributed by atoms with Crippen LogP contribution in [0.15, 0.2) is 30.3 Å². The van der Waals surface area contributed by atoms with Gasteiger partial charge in [0.05, 0.1) is 0 Å². The van der Waals surface area contributed by atoms with Crippen molar-refractivity contribution in [1.82, 2.24) is 10.6 Å². The number of hydrogen-bond donors (Lipinski definition) is 3. The zero-order valence-electron chi connectivity index (χ0n) is 11.5. The number of nitrogens with zero attached hydrogens (tertiary/aromatic N) is 1. The third-order valence-corrected chi connectivity index (χ3v) is 3.41. The van der Waals surface area contributed by atoms with Gasteiger partial charge >= 0.3 is 6.03 Å². The van der Waals surface area contributed by atoms with Crippen LogP contribution in [0.1, 0.15) is 13.3 Å². The van der Waals surface area contributed by atoms with Gasteiger partial charge < -0.3 is 21.3 Å². The summed E-state index contributed by atoms with van der Waals surface area (Å²) in [6.45, 7) is 3.30. The Kier molecular flexibility index (Phi) is 4.45. The quantitative estimate of drug-likeness (QED) is 0.745. The summed E-state index contributed by atoms with van der Waals surface area (Å²) in [5.41, 5.74) is 6.16. The van der Waals surface area contributed by atoms with E-state index in [4.69, 9.17) is 5.73 Å². The van der Waals surface area contributed by atoms with E-state index >= 15 is 0 Å². The summed E-state index contributed by atoms with van der Waals surface area (Å²) in [5, 5.41) is 5.31. The second kappa shape index (κ2) is 6.27. The highest BCUT2D eigenvalue weighted by molar-refractivity contribution is 5.86. The summed E-state index contributed by atoms with van der Waals surface area (Å²) in [4.78, 5) is 24.8. The van der Waals surface area contributed by atoms with Gasteiger partial charge in [0.2, 0.25) is 5.91 Å². The van der Waals surface area contributed by atoms with Gasteiger partial charge in [0.25, 0.3) is 0 Å². The monoisotopic (exact) mass is 276 g/mol. The van der Waals surface area contributed by atoms with Crippen LogP contribution in [0.4, 0.5) is 10.5 Å². The molecule has 0 aromatic heterocycles. The molecule has 1 aliphatic heterocycles. The van der Waals surface area contributed by atoms with Crippen LogP contribution in [0.2, 0.25) is 0 Å². The Hall–Kier alpha value is -2.24. The summed E-state index contributed by atoms with van der Waals surface area (Å²) in [6.07, 6.45) is 0.893. The van der Waals surface area contributed by atoms with E-state index in [0.29, 0.717) is 0 Å². The lowest BCUT2D eigenvalue weighted by Crippen LogP contribution is -2.50. The third-order valence-electron chi connectivity index (χ3n) is 3.41. The van der Waals surface area contributed by atoms with Crippen molar-refractivity contribution in [2.45, 2.75) is 25.4 Å². The Labute approximate surface area is 118 Å². The van der Waals surface area contributed by atoms with E-state index in [-0.39, 0.29) is 11.9 Å². The van der Waals surface area contributed by atoms with Gasteiger partial charge in [-0.05, 0) is 25.5 Å². The number of urea groups is 1. The van der Waals surface area contributed by atoms with Crippen molar-refractivity contribution in [3.05, 3.63) is 30.3 Å². The molecule has 0 spiro atoms. The third kappa shape index (κ3) is 3.63. The number of carbonyl (C=O) groups is 2. The predicted octanol–water partition coefficient (Wildman–Crippen LogP) is 0.438. The lowest BCUT2D eigenvalue weighted by Gasteiger charge is -2.20. The number of benzene rings is 1. The molecule has 1 aromatic rings. The summed E-state index contributed by atoms with van der Waals surface area (Å²) in [5.74, 6) is -0.205. The first-order valence-corrected chi connectivity index (χ1v) is 6.72. The van der Waals surface area contributed by atoms with Crippen molar-refractivity contribution in [3.8, 4) is 0 Å². The molecule has 108 valence electrons. The topological polar surface area (TPSA) is 87.5 Å². The second-order valence-corrected chi connectivity index (χ2v) is 5.01. The van der Waals surface area contributed by atoms with Crippen LogP contribution in [0.5, 0.6) is 0 Å². The van der Waals surface area contributed by atoms with Crippen LogP contribution in [0.25, 0.3) is 0 Å². The molecule has 1 fully saturated rings. The predicted molar refractivity (Wildman–Crippen MR) is 77.4 cm³/mol. The standard InChI is InChI=1S/C14H20N4O2/c1-10(16-14(15)20)13(19)17-11-7-8-18(9-11)12-5-3-2-4-6-12/h2-6,10-11H,7-9H2,1H3,(H,17,19)(H3,15,16,20). The minimum absolute atomic E-state index is 0.0971. The zero-order chi connectivity index (χ0) is 14.5. The van der Waals surface area contributed by atoms with Gasteiger partial charge in [-0.3, -0.25) is 4.79 Å². The maximum absolute atomic E-state index is 11.9. The smallest absolute Gasteiger partial charge is 0.312 e. The van der Waals surface area contributed by atoms with Crippen LogP contribution in [-0.4, -0.2) is 37.1 Å². The number of carbonyl (C=O) groups excluding carboxylic acids is 2. The van der Waals surface area contributed by atoms with Crippen molar-refractivity contribution in [2.24, 2.45) is 5.73 Å². The van der Waals surface area contributed by atoms with E-state index in [0.717, 1.165) is 25.2 Å². The Morgan fingerprint density at radius 3 is 2.70 bits per heavy atom. The Balaban J connectivity index is 1.84. The average Bonchev–Trinajstić information content (AvgIpc) is 2.87. The normalized spacial score (nSPS) is 19.4. The first kappa shape index (κ1) is 14.2. The Bertz CT molecular complexity index is 477. The average molecular weight is 276 g/mol. The molecule has 0 radical (unpaired) electrons. The molecule has 20 heavy (non-hydrogen) atoms. The molecule has 6 nitrogen and oxygen atoms in total. The van der Waals surface area contributed by atoms with Gasteiger partial charge in [-0.1, -0.05) is 18.2 Å². The fourth-order valence-corrected chi connectivity index (χ4v) is 2.36. The molecule has 1 aromatic carbocycles. The van der Waals surface area contributed by atoms with Crippen molar-refractivity contribution in [1.29, 1.82) is 0 Å². The molecule has 3 amide bonds. The molecule has 4 N–H and O–H groups in total. The first-order chi connectivity index (χ1) is 9.56. The van der Waals surface area contributed by atoms with Crippen molar-refractivity contribution >= 4 is 17.6 Å². The number of hydrogen-bond acceptors (Lipinski definition) is 3. The highest BCUT2D eigenvalue weighted by Crippen LogP contribution is 2.19. The van der Waals surface area contributed by atoms with Gasteiger partial charge in [-0.15, -0.1) is 0 Å². The highest BCUT2D eigenvalue weighted by Gasteiger charge is 2.25. The summed E-state index contributed by atoms with van der Waals surface area (Å²) < 4.78 is 0. The molecule has 2 rings (SSSR count). The van der Waals surface area contributed by atoms with Gasteiger partial charge in [0.15, 0.2) is 0 Å². The minimum atomic E-state index is -0.690. The SMILES string of the molecule is CC(NC(N)=O)C(=O)NC1CCN(c2ccccc2)C1. The maximum Gasteiger partial charge on any atom is 0.312 e. The number of primary amides is 1. The molecule has 0 aliphatic carbocycles. The Morgan fingerprint density at radius 2 is 2.05 bits per heavy atom. The van der Waals surface area contributed by atoms with Crippen molar-refractivity contribution in [3.63, 3.8) is 0 Å². The lowest BCUT2D eigenvalue weighted by molar-refractivity contribution is -0.123. The number of nitrogens with one attached hydrogen (secondary N) is 2. The molecular formula is C14H20N4O2. The highest BCUT2D eigenvalue weighted by atomic mass is 16.2. The molecular weight excluding hydrogens is 256 g/mol. The lowest BCUT2D eigenvalue weighted by atomic mass is 10.2. The zero-order valence-corrected chi connectivity index (χ0v) is 11.5. The minimum Gasteiger partial charge on any atom is -0.369 e. The van der Waals surface area contributed by atoms with Gasteiger partial charge in [-0.2, -0.15) is 0 Å². The van der Waals surface area contributed by atoms with Crippen molar-refractivity contribution in [2.75, 3.05) is 18.0 Å². The van der Waals surface area contributed by atoms with E-state index in [1.165, 1.54) is 0 Å². The maximum atomic E-state index is 11.9. The summed E-state index contributed by atoms with van der Waals surface area (Å²) >= 11 is 0. The largest absolute Gasteiger partial charge is 0.369 e. The summed E-state index contributed by atoms with van der Waals surface area (Å²) in [7, 11) is 0. The van der Waals surface area contributed by atoms with Crippen LogP contribution >= 0.6 is 0 Å². The molecule has 2 atom stereocenters. The van der Waals surface area contributed by atoms with E-state index < -0.39 is 12.1 Å². The second-order valence-electron chi connectivity index (χ2n) is 5.01. The fourth-order valence-electron chi connectivity index (χ4n) is 2.36. The Morgan fingerprint density at radius 1 is 1.35 bits per heavy atom. The number of para-hydroxylation sites is 1. The van der Waals surface area contributed by atoms with Gasteiger partial charge in [-0.25, -0.2) is 4.79 Å². The molecule has 1 aliphatic rings. The van der Waals surface area contributed by atoms with Gasteiger partial charge in [0, 0.05) is 24.8 Å². The number of nitrogens with two attached hydrogens (primary N) is 1. The number of amides is 3. The molecule has 1 heterocycles. The fraction of sp³-hybridized carbons (Fsp3) is 0.429. The number of anilines is 1. The van der Waals surface area contributed by atoms with E-state index in [1.807, 2.05) is 18.2 Å². The molecule has 1 saturated heterocycles.